The van der Waals surface area contributed by atoms with Gasteiger partial charge in [0.2, 0.25) is 5.95 Å². The van der Waals surface area contributed by atoms with Gasteiger partial charge < -0.3 is 19.9 Å². The maximum Gasteiger partial charge on any atom is 0.409 e. The number of aromatic nitrogens is 2. The fourth-order valence-electron chi connectivity index (χ4n) is 3.00. The van der Waals surface area contributed by atoms with E-state index < -0.39 is 0 Å². The molecule has 2 aromatic rings. The summed E-state index contributed by atoms with van der Waals surface area (Å²) in [5, 5.41) is 2.92. The predicted molar refractivity (Wildman–Crippen MR) is 107 cm³/mol. The molecule has 28 heavy (non-hydrogen) atoms. The molecule has 1 aromatic heterocycles. The van der Waals surface area contributed by atoms with E-state index in [1.807, 2.05) is 36.9 Å². The molecule has 1 fully saturated rings. The first kappa shape index (κ1) is 19.6. The standard InChI is InChI=1S/C20H25N5O3/c1-4-28-20(27)25-12-10-24(11-13-25)19-21-9-8-17(23-19)18(26)22-16-7-5-6-14(2)15(16)3/h5-9H,4,10-13H2,1-3H3,(H,22,26). The number of aryl methyl sites for hydroxylation is 1. The lowest BCUT2D eigenvalue weighted by molar-refractivity contribution is 0.102. The minimum atomic E-state index is -0.301. The minimum Gasteiger partial charge on any atom is -0.450 e. The van der Waals surface area contributed by atoms with Crippen molar-refractivity contribution in [2.45, 2.75) is 20.8 Å². The van der Waals surface area contributed by atoms with E-state index in [1.165, 1.54) is 0 Å². The van der Waals surface area contributed by atoms with E-state index in [4.69, 9.17) is 4.74 Å². The molecule has 8 nitrogen and oxygen atoms in total. The first-order valence-corrected chi connectivity index (χ1v) is 9.37. The Labute approximate surface area is 164 Å². The molecule has 1 aliphatic heterocycles. The SMILES string of the molecule is CCOC(=O)N1CCN(c2nccc(C(=O)Nc3cccc(C)c3C)n2)CC1. The Morgan fingerprint density at radius 2 is 1.89 bits per heavy atom. The molecule has 1 saturated heterocycles. The molecule has 1 aromatic carbocycles. The molecule has 148 valence electrons. The summed E-state index contributed by atoms with van der Waals surface area (Å²) in [6, 6.07) is 7.38. The second-order valence-corrected chi connectivity index (χ2v) is 6.62. The van der Waals surface area contributed by atoms with Gasteiger partial charge in [-0.3, -0.25) is 4.79 Å². The van der Waals surface area contributed by atoms with Gasteiger partial charge in [-0.15, -0.1) is 0 Å². The van der Waals surface area contributed by atoms with Crippen LogP contribution in [0.25, 0.3) is 0 Å². The molecule has 0 atom stereocenters. The van der Waals surface area contributed by atoms with E-state index in [1.54, 1.807) is 24.1 Å². The van der Waals surface area contributed by atoms with E-state index in [0.29, 0.717) is 44.4 Å². The lowest BCUT2D eigenvalue weighted by Crippen LogP contribution is -2.49. The maximum absolute atomic E-state index is 12.6. The fourth-order valence-corrected chi connectivity index (χ4v) is 3.00. The van der Waals surface area contributed by atoms with Crippen molar-refractivity contribution in [2.24, 2.45) is 0 Å². The Morgan fingerprint density at radius 1 is 1.14 bits per heavy atom. The highest BCUT2D eigenvalue weighted by Gasteiger charge is 2.24. The van der Waals surface area contributed by atoms with E-state index in [0.717, 1.165) is 16.8 Å². The van der Waals surface area contributed by atoms with Crippen molar-refractivity contribution >= 4 is 23.6 Å². The quantitative estimate of drug-likeness (QED) is 0.873. The number of hydrogen-bond acceptors (Lipinski definition) is 6. The van der Waals surface area contributed by atoms with Crippen molar-refractivity contribution in [1.82, 2.24) is 14.9 Å². The number of benzene rings is 1. The number of carbonyl (C=O) groups excluding carboxylic acids is 2. The van der Waals surface area contributed by atoms with E-state index in [2.05, 4.69) is 15.3 Å². The number of rotatable bonds is 4. The number of hydrogen-bond donors (Lipinski definition) is 1. The summed E-state index contributed by atoms with van der Waals surface area (Å²) in [7, 11) is 0. The van der Waals surface area contributed by atoms with Gasteiger partial charge in [0, 0.05) is 38.1 Å². The Balaban J connectivity index is 1.66. The summed E-state index contributed by atoms with van der Waals surface area (Å²) in [6.07, 6.45) is 1.28. The van der Waals surface area contributed by atoms with Gasteiger partial charge in [0.1, 0.15) is 5.69 Å². The third-order valence-electron chi connectivity index (χ3n) is 4.82. The van der Waals surface area contributed by atoms with Gasteiger partial charge in [-0.1, -0.05) is 12.1 Å². The molecule has 0 unspecified atom stereocenters. The average molecular weight is 383 g/mol. The highest BCUT2D eigenvalue weighted by Crippen LogP contribution is 2.19. The summed E-state index contributed by atoms with van der Waals surface area (Å²) < 4.78 is 5.03. The van der Waals surface area contributed by atoms with Gasteiger partial charge in [0.15, 0.2) is 0 Å². The fraction of sp³-hybridized carbons (Fsp3) is 0.400. The molecule has 3 rings (SSSR count). The van der Waals surface area contributed by atoms with Crippen LogP contribution < -0.4 is 10.2 Å². The predicted octanol–water partition coefficient (Wildman–Crippen LogP) is 2.62. The highest BCUT2D eigenvalue weighted by atomic mass is 16.6. The molecule has 1 aliphatic rings. The van der Waals surface area contributed by atoms with Crippen molar-refractivity contribution in [3.05, 3.63) is 47.3 Å². The highest BCUT2D eigenvalue weighted by molar-refractivity contribution is 6.03. The van der Waals surface area contributed by atoms with Crippen molar-refractivity contribution in [1.29, 1.82) is 0 Å². The van der Waals surface area contributed by atoms with Crippen LogP contribution in [0.2, 0.25) is 0 Å². The molecule has 0 spiro atoms. The summed E-state index contributed by atoms with van der Waals surface area (Å²) >= 11 is 0. The van der Waals surface area contributed by atoms with Crippen LogP contribution in [-0.2, 0) is 4.74 Å². The summed E-state index contributed by atoms with van der Waals surface area (Å²) in [5.41, 5.74) is 3.22. The number of ether oxygens (including phenoxy) is 1. The van der Waals surface area contributed by atoms with Gasteiger partial charge in [0.25, 0.3) is 5.91 Å². The smallest absolute Gasteiger partial charge is 0.409 e. The Morgan fingerprint density at radius 3 is 2.61 bits per heavy atom. The summed E-state index contributed by atoms with van der Waals surface area (Å²) in [6.45, 7) is 8.35. The molecule has 0 aliphatic carbocycles. The second kappa shape index (κ2) is 8.69. The number of nitrogens with zero attached hydrogens (tertiary/aromatic N) is 4. The van der Waals surface area contributed by atoms with Crippen LogP contribution in [-0.4, -0.2) is 59.7 Å². The maximum atomic E-state index is 12.6. The van der Waals surface area contributed by atoms with Crippen LogP contribution in [0.5, 0.6) is 0 Å². The first-order chi connectivity index (χ1) is 13.5. The van der Waals surface area contributed by atoms with Crippen molar-refractivity contribution in [3.63, 3.8) is 0 Å². The van der Waals surface area contributed by atoms with Gasteiger partial charge in [-0.2, -0.15) is 0 Å². The van der Waals surface area contributed by atoms with Crippen LogP contribution in [0.3, 0.4) is 0 Å². The molecule has 8 heteroatoms. The molecule has 2 heterocycles. The van der Waals surface area contributed by atoms with Crippen molar-refractivity contribution < 1.29 is 14.3 Å². The zero-order valence-corrected chi connectivity index (χ0v) is 16.4. The number of piperazine rings is 1. The molecule has 0 saturated carbocycles. The van der Waals surface area contributed by atoms with E-state index >= 15 is 0 Å². The Bertz CT molecular complexity index is 863. The number of nitrogens with one attached hydrogen (secondary N) is 1. The molecule has 1 N–H and O–H groups in total. The Kier molecular flexibility index (Phi) is 6.08. The minimum absolute atomic E-state index is 0.275. The first-order valence-electron chi connectivity index (χ1n) is 9.37. The van der Waals surface area contributed by atoms with Crippen LogP contribution in [0, 0.1) is 13.8 Å². The zero-order valence-electron chi connectivity index (χ0n) is 16.4. The number of carbonyl (C=O) groups is 2. The third kappa shape index (κ3) is 4.39. The van der Waals surface area contributed by atoms with Crippen LogP contribution in [0.1, 0.15) is 28.5 Å². The topological polar surface area (TPSA) is 87.7 Å². The normalized spacial score (nSPS) is 14.0. The van der Waals surface area contributed by atoms with Gasteiger partial charge in [0.05, 0.1) is 6.61 Å². The third-order valence-corrected chi connectivity index (χ3v) is 4.82. The van der Waals surface area contributed by atoms with E-state index in [-0.39, 0.29) is 12.0 Å². The molecular weight excluding hydrogens is 358 g/mol. The average Bonchev–Trinajstić information content (AvgIpc) is 2.72. The van der Waals surface area contributed by atoms with Crippen LogP contribution in [0.15, 0.2) is 30.5 Å². The van der Waals surface area contributed by atoms with Crippen LogP contribution in [0.4, 0.5) is 16.4 Å². The lowest BCUT2D eigenvalue weighted by atomic mass is 10.1. The zero-order chi connectivity index (χ0) is 20.1. The largest absolute Gasteiger partial charge is 0.450 e. The molecule has 0 radical (unpaired) electrons. The molecule has 2 amide bonds. The van der Waals surface area contributed by atoms with Gasteiger partial charge >= 0.3 is 6.09 Å². The number of amides is 2. The van der Waals surface area contributed by atoms with Gasteiger partial charge in [-0.25, -0.2) is 14.8 Å². The Hall–Kier alpha value is -3.16. The second-order valence-electron chi connectivity index (χ2n) is 6.62. The summed E-state index contributed by atoms with van der Waals surface area (Å²) in [5.74, 6) is 0.208. The summed E-state index contributed by atoms with van der Waals surface area (Å²) in [4.78, 5) is 36.8. The van der Waals surface area contributed by atoms with E-state index in [9.17, 15) is 9.59 Å². The monoisotopic (exact) mass is 383 g/mol. The number of anilines is 2. The molecule has 0 bridgehead atoms. The lowest BCUT2D eigenvalue weighted by Gasteiger charge is -2.34. The van der Waals surface area contributed by atoms with Crippen LogP contribution >= 0.6 is 0 Å². The van der Waals surface area contributed by atoms with Crippen molar-refractivity contribution in [3.8, 4) is 0 Å². The molecular formula is C20H25N5O3. The van der Waals surface area contributed by atoms with Crippen molar-refractivity contribution in [2.75, 3.05) is 43.0 Å². The van der Waals surface area contributed by atoms with Gasteiger partial charge in [-0.05, 0) is 44.0 Å².